The molecule has 1 aliphatic heterocycles. The number of hydrogen-bond donors (Lipinski definition) is 1. The van der Waals surface area contributed by atoms with Crippen LogP contribution in [0.3, 0.4) is 0 Å². The molecule has 1 fully saturated rings. The second kappa shape index (κ2) is 7.73. The van der Waals surface area contributed by atoms with E-state index in [4.69, 9.17) is 4.74 Å². The highest BCUT2D eigenvalue weighted by atomic mass is 32.2. The number of likely N-dealkylation sites (N-methyl/N-ethyl adjacent to an activating group) is 2. The Labute approximate surface area is 117 Å². The Hall–Kier alpha value is 0.230. The Morgan fingerprint density at radius 3 is 2.78 bits per heavy atom. The number of ether oxygens (including phenoxy) is 1. The Morgan fingerprint density at radius 1 is 1.50 bits per heavy atom. The molecule has 18 heavy (non-hydrogen) atoms. The first-order valence-electron chi connectivity index (χ1n) is 7.06. The van der Waals surface area contributed by atoms with Gasteiger partial charge in [0.05, 0.1) is 5.60 Å². The average molecular weight is 274 g/mol. The molecule has 4 heteroatoms. The highest BCUT2D eigenvalue weighted by molar-refractivity contribution is 7.99. The van der Waals surface area contributed by atoms with E-state index >= 15 is 0 Å². The number of hydrogen-bond acceptors (Lipinski definition) is 4. The normalized spacial score (nSPS) is 24.2. The van der Waals surface area contributed by atoms with Crippen LogP contribution < -0.4 is 5.32 Å². The van der Waals surface area contributed by atoms with Crippen molar-refractivity contribution in [2.24, 2.45) is 0 Å². The predicted molar refractivity (Wildman–Crippen MR) is 81.5 cm³/mol. The van der Waals surface area contributed by atoms with Crippen LogP contribution in [0.2, 0.25) is 0 Å². The molecule has 108 valence electrons. The molecule has 1 N–H and O–H groups in total. The standard InChI is InChI=1S/C14H30N2OS/c1-6-15-12(7-8-14(2,3)17-5)13-11-18-10-9-16(13)4/h12-13,15H,6-11H2,1-5H3. The molecular weight excluding hydrogens is 244 g/mol. The molecule has 2 unspecified atom stereocenters. The van der Waals surface area contributed by atoms with Gasteiger partial charge in [0.25, 0.3) is 0 Å². The van der Waals surface area contributed by atoms with Gasteiger partial charge in [-0.3, -0.25) is 0 Å². The Balaban J connectivity index is 2.52. The van der Waals surface area contributed by atoms with E-state index in [1.54, 1.807) is 0 Å². The second-order valence-electron chi connectivity index (χ2n) is 5.79. The fraction of sp³-hybridized carbons (Fsp3) is 1.00. The van der Waals surface area contributed by atoms with Crippen molar-refractivity contribution >= 4 is 11.8 Å². The van der Waals surface area contributed by atoms with Crippen LogP contribution in [-0.2, 0) is 4.74 Å². The first-order chi connectivity index (χ1) is 8.50. The van der Waals surface area contributed by atoms with Gasteiger partial charge in [0.2, 0.25) is 0 Å². The molecule has 1 saturated heterocycles. The van der Waals surface area contributed by atoms with E-state index in [-0.39, 0.29) is 5.60 Å². The van der Waals surface area contributed by atoms with Crippen molar-refractivity contribution in [1.29, 1.82) is 0 Å². The molecule has 0 aromatic heterocycles. The third-order valence-electron chi connectivity index (χ3n) is 3.98. The first-order valence-corrected chi connectivity index (χ1v) is 8.22. The summed E-state index contributed by atoms with van der Waals surface area (Å²) in [4.78, 5) is 2.52. The third kappa shape index (κ3) is 5.08. The maximum absolute atomic E-state index is 5.53. The Morgan fingerprint density at radius 2 is 2.22 bits per heavy atom. The fourth-order valence-electron chi connectivity index (χ4n) is 2.43. The molecule has 0 bridgehead atoms. The third-order valence-corrected chi connectivity index (χ3v) is 5.03. The van der Waals surface area contributed by atoms with Crippen molar-refractivity contribution in [3.05, 3.63) is 0 Å². The van der Waals surface area contributed by atoms with Gasteiger partial charge in [-0.05, 0) is 40.3 Å². The molecule has 2 atom stereocenters. The van der Waals surface area contributed by atoms with Gasteiger partial charge in [0.15, 0.2) is 0 Å². The summed E-state index contributed by atoms with van der Waals surface area (Å²) in [5.41, 5.74) is -0.00590. The molecule has 0 aromatic rings. The van der Waals surface area contributed by atoms with Crippen molar-refractivity contribution in [3.8, 4) is 0 Å². The van der Waals surface area contributed by atoms with Crippen LogP contribution in [0.5, 0.6) is 0 Å². The predicted octanol–water partition coefficient (Wildman–Crippen LogP) is 2.22. The maximum atomic E-state index is 5.53. The number of nitrogens with zero attached hydrogens (tertiary/aromatic N) is 1. The highest BCUT2D eigenvalue weighted by Gasteiger charge is 2.29. The van der Waals surface area contributed by atoms with Gasteiger partial charge in [0.1, 0.15) is 0 Å². The minimum Gasteiger partial charge on any atom is -0.379 e. The average Bonchev–Trinajstić information content (AvgIpc) is 2.35. The highest BCUT2D eigenvalue weighted by Crippen LogP contribution is 2.23. The topological polar surface area (TPSA) is 24.5 Å². The van der Waals surface area contributed by atoms with Crippen molar-refractivity contribution in [2.75, 3.05) is 38.8 Å². The fourth-order valence-corrected chi connectivity index (χ4v) is 3.74. The summed E-state index contributed by atoms with van der Waals surface area (Å²) in [7, 11) is 4.07. The van der Waals surface area contributed by atoms with Gasteiger partial charge in [0, 0.05) is 37.2 Å². The lowest BCUT2D eigenvalue weighted by molar-refractivity contribution is 0.00954. The molecule has 1 heterocycles. The summed E-state index contributed by atoms with van der Waals surface area (Å²) >= 11 is 2.09. The van der Waals surface area contributed by atoms with Crippen LogP contribution in [0, 0.1) is 0 Å². The molecule has 0 radical (unpaired) electrons. The zero-order chi connectivity index (χ0) is 13.6. The zero-order valence-corrected chi connectivity index (χ0v) is 13.5. The molecule has 0 spiro atoms. The lowest BCUT2D eigenvalue weighted by atomic mass is 9.95. The van der Waals surface area contributed by atoms with Crippen molar-refractivity contribution in [1.82, 2.24) is 10.2 Å². The summed E-state index contributed by atoms with van der Waals surface area (Å²) in [6.45, 7) is 8.81. The molecular formula is C14H30N2OS. The van der Waals surface area contributed by atoms with Crippen LogP contribution in [0.15, 0.2) is 0 Å². The minimum absolute atomic E-state index is 0.00590. The van der Waals surface area contributed by atoms with Crippen molar-refractivity contribution < 1.29 is 4.74 Å². The van der Waals surface area contributed by atoms with E-state index < -0.39 is 0 Å². The Kier molecular flexibility index (Phi) is 6.99. The monoisotopic (exact) mass is 274 g/mol. The van der Waals surface area contributed by atoms with Crippen LogP contribution in [0.4, 0.5) is 0 Å². The lowest BCUT2D eigenvalue weighted by Crippen LogP contribution is -2.53. The van der Waals surface area contributed by atoms with Crippen LogP contribution in [0.1, 0.15) is 33.6 Å². The smallest absolute Gasteiger partial charge is 0.0623 e. The quantitative estimate of drug-likeness (QED) is 0.769. The molecule has 0 amide bonds. The summed E-state index contributed by atoms with van der Waals surface area (Å²) in [5.74, 6) is 2.52. The van der Waals surface area contributed by atoms with Crippen LogP contribution in [0.25, 0.3) is 0 Å². The second-order valence-corrected chi connectivity index (χ2v) is 6.94. The van der Waals surface area contributed by atoms with E-state index in [1.165, 1.54) is 24.5 Å². The summed E-state index contributed by atoms with van der Waals surface area (Å²) in [6.07, 6.45) is 2.29. The van der Waals surface area contributed by atoms with Gasteiger partial charge in [-0.25, -0.2) is 0 Å². The molecule has 1 rings (SSSR count). The molecule has 0 aliphatic carbocycles. The van der Waals surface area contributed by atoms with Gasteiger partial charge < -0.3 is 15.0 Å². The molecule has 0 aromatic carbocycles. The molecule has 3 nitrogen and oxygen atoms in total. The van der Waals surface area contributed by atoms with Crippen molar-refractivity contribution in [2.45, 2.75) is 51.3 Å². The first kappa shape index (κ1) is 16.3. The van der Waals surface area contributed by atoms with E-state index in [2.05, 4.69) is 49.8 Å². The summed E-state index contributed by atoms with van der Waals surface area (Å²) < 4.78 is 5.53. The van der Waals surface area contributed by atoms with E-state index in [0.29, 0.717) is 12.1 Å². The number of rotatable bonds is 7. The zero-order valence-electron chi connectivity index (χ0n) is 12.7. The number of thioether (sulfide) groups is 1. The molecule has 1 aliphatic rings. The van der Waals surface area contributed by atoms with E-state index in [0.717, 1.165) is 13.0 Å². The summed E-state index contributed by atoms with van der Waals surface area (Å²) in [5, 5.41) is 3.67. The lowest BCUT2D eigenvalue weighted by Gasteiger charge is -2.39. The summed E-state index contributed by atoms with van der Waals surface area (Å²) in [6, 6.07) is 1.25. The van der Waals surface area contributed by atoms with Gasteiger partial charge in [-0.1, -0.05) is 6.92 Å². The SMILES string of the molecule is CCNC(CCC(C)(C)OC)C1CSCCN1C. The maximum Gasteiger partial charge on any atom is 0.0623 e. The van der Waals surface area contributed by atoms with Gasteiger partial charge in [-0.15, -0.1) is 0 Å². The van der Waals surface area contributed by atoms with Gasteiger partial charge >= 0.3 is 0 Å². The minimum atomic E-state index is -0.00590. The molecule has 0 saturated carbocycles. The number of nitrogens with one attached hydrogen (secondary N) is 1. The van der Waals surface area contributed by atoms with Crippen LogP contribution in [-0.4, -0.2) is 61.3 Å². The van der Waals surface area contributed by atoms with E-state index in [1.807, 2.05) is 7.11 Å². The van der Waals surface area contributed by atoms with Crippen molar-refractivity contribution in [3.63, 3.8) is 0 Å². The van der Waals surface area contributed by atoms with Crippen LogP contribution >= 0.6 is 11.8 Å². The largest absolute Gasteiger partial charge is 0.379 e. The number of methoxy groups -OCH3 is 1. The van der Waals surface area contributed by atoms with Gasteiger partial charge in [-0.2, -0.15) is 11.8 Å². The Bertz CT molecular complexity index is 236. The van der Waals surface area contributed by atoms with E-state index in [9.17, 15) is 0 Å².